The average Bonchev–Trinajstić information content (AvgIpc) is 2.14. The van der Waals surface area contributed by atoms with E-state index in [1.807, 2.05) is 24.3 Å². The van der Waals surface area contributed by atoms with Crippen molar-refractivity contribution in [1.29, 1.82) is 0 Å². The first kappa shape index (κ1) is 8.05. The summed E-state index contributed by atoms with van der Waals surface area (Å²) in [6.07, 6.45) is 4.25. The van der Waals surface area contributed by atoms with Crippen LogP contribution >= 0.6 is 0 Å². The molecule has 13 heavy (non-hydrogen) atoms. The summed E-state index contributed by atoms with van der Waals surface area (Å²) in [7, 11) is 0. The molecule has 1 aliphatic heterocycles. The van der Waals surface area contributed by atoms with Crippen LogP contribution in [0.2, 0.25) is 0 Å². The quantitative estimate of drug-likeness (QED) is 0.602. The number of allylic oxidation sites excluding steroid dienone is 1. The predicted octanol–water partition coefficient (Wildman–Crippen LogP) is 2.21. The Kier molecular flexibility index (Phi) is 2.13. The van der Waals surface area contributed by atoms with E-state index in [2.05, 4.69) is 0 Å². The topological polar surface area (TPSA) is 26.3 Å². The lowest BCUT2D eigenvalue weighted by atomic mass is 10.1. The molecule has 0 amide bonds. The number of fused-ring (bicyclic) bond motifs is 1. The molecule has 1 heterocycles. The summed E-state index contributed by atoms with van der Waals surface area (Å²) in [5.74, 6) is 0.715. The van der Waals surface area contributed by atoms with E-state index in [-0.39, 0.29) is 5.78 Å². The molecule has 0 radical (unpaired) electrons. The summed E-state index contributed by atoms with van der Waals surface area (Å²) < 4.78 is 5.43. The van der Waals surface area contributed by atoms with Crippen LogP contribution in [0.5, 0.6) is 5.75 Å². The van der Waals surface area contributed by atoms with Crippen molar-refractivity contribution in [2.75, 3.05) is 6.61 Å². The van der Waals surface area contributed by atoms with Gasteiger partial charge in [-0.25, -0.2) is 0 Å². The zero-order chi connectivity index (χ0) is 9.10. The molecule has 0 aromatic heterocycles. The van der Waals surface area contributed by atoms with Crippen LogP contribution in [0, 0.1) is 0 Å². The van der Waals surface area contributed by atoms with Crippen LogP contribution in [0.3, 0.4) is 0 Å². The first-order valence-corrected chi connectivity index (χ1v) is 4.30. The molecular weight excluding hydrogens is 164 g/mol. The van der Waals surface area contributed by atoms with E-state index in [9.17, 15) is 4.79 Å². The molecule has 2 rings (SSSR count). The summed E-state index contributed by atoms with van der Waals surface area (Å²) in [6.45, 7) is 0.640. The predicted molar refractivity (Wildman–Crippen MR) is 50.0 cm³/mol. The second-order valence-corrected chi connectivity index (χ2v) is 2.90. The molecule has 0 saturated carbocycles. The Bertz CT molecular complexity index is 353. The van der Waals surface area contributed by atoms with Gasteiger partial charge in [-0.2, -0.15) is 0 Å². The highest BCUT2D eigenvalue weighted by atomic mass is 16.5. The fraction of sp³-hybridized carbons (Fsp3) is 0.182. The van der Waals surface area contributed by atoms with Crippen molar-refractivity contribution >= 4 is 5.78 Å². The number of carbonyl (C=O) groups is 1. The van der Waals surface area contributed by atoms with Crippen molar-refractivity contribution in [3.8, 4) is 5.75 Å². The maximum absolute atomic E-state index is 11.5. The molecule has 2 heteroatoms. The third-order valence-electron chi connectivity index (χ3n) is 1.96. The molecule has 0 fully saturated rings. The molecule has 0 bridgehead atoms. The summed E-state index contributed by atoms with van der Waals surface area (Å²) in [6, 6.07) is 7.33. The first-order valence-electron chi connectivity index (χ1n) is 4.30. The van der Waals surface area contributed by atoms with Gasteiger partial charge in [0.1, 0.15) is 5.75 Å². The van der Waals surface area contributed by atoms with E-state index < -0.39 is 0 Å². The van der Waals surface area contributed by atoms with E-state index in [1.165, 1.54) is 0 Å². The monoisotopic (exact) mass is 174 g/mol. The Morgan fingerprint density at radius 1 is 1.23 bits per heavy atom. The minimum absolute atomic E-state index is 0.0234. The Labute approximate surface area is 76.8 Å². The lowest BCUT2D eigenvalue weighted by Gasteiger charge is -2.10. The fourth-order valence-corrected chi connectivity index (χ4v) is 1.31. The number of ketones is 1. The van der Waals surface area contributed by atoms with Gasteiger partial charge >= 0.3 is 0 Å². The molecule has 1 aromatic carbocycles. The van der Waals surface area contributed by atoms with Crippen molar-refractivity contribution in [2.24, 2.45) is 0 Å². The van der Waals surface area contributed by atoms with Crippen LogP contribution in [0.4, 0.5) is 0 Å². The van der Waals surface area contributed by atoms with Crippen LogP contribution in [0.15, 0.2) is 36.4 Å². The van der Waals surface area contributed by atoms with Crippen molar-refractivity contribution in [1.82, 2.24) is 0 Å². The van der Waals surface area contributed by atoms with Crippen molar-refractivity contribution < 1.29 is 9.53 Å². The molecule has 0 aliphatic carbocycles. The maximum atomic E-state index is 11.5. The van der Waals surface area contributed by atoms with Gasteiger partial charge < -0.3 is 4.74 Å². The number of hydrogen-bond acceptors (Lipinski definition) is 2. The second-order valence-electron chi connectivity index (χ2n) is 2.90. The average molecular weight is 174 g/mol. The third kappa shape index (κ3) is 1.61. The number of hydrogen-bond donors (Lipinski definition) is 0. The summed E-state index contributed by atoms with van der Waals surface area (Å²) in [5.41, 5.74) is 0.651. The lowest BCUT2D eigenvalue weighted by molar-refractivity contribution is 0.104. The normalized spacial score (nSPS) is 18.0. The van der Waals surface area contributed by atoms with E-state index >= 15 is 0 Å². The molecule has 0 spiro atoms. The van der Waals surface area contributed by atoms with Gasteiger partial charge in [0.05, 0.1) is 12.2 Å². The first-order chi connectivity index (χ1) is 6.38. The highest BCUT2D eigenvalue weighted by molar-refractivity contribution is 6.06. The number of ether oxygens (including phenoxy) is 1. The Hall–Kier alpha value is -1.57. The number of rotatable bonds is 0. The highest BCUT2D eigenvalue weighted by Gasteiger charge is 2.10. The van der Waals surface area contributed by atoms with E-state index in [0.29, 0.717) is 17.9 Å². The molecule has 1 aliphatic rings. The molecule has 0 atom stereocenters. The van der Waals surface area contributed by atoms with Gasteiger partial charge in [0.15, 0.2) is 5.78 Å². The zero-order valence-corrected chi connectivity index (χ0v) is 7.19. The second kappa shape index (κ2) is 3.44. The van der Waals surface area contributed by atoms with Gasteiger partial charge in [-0.3, -0.25) is 4.79 Å². The molecule has 0 saturated heterocycles. The SMILES string of the molecule is O=C1/C=C\CCOc2ccccc21. The summed E-state index contributed by atoms with van der Waals surface area (Å²) in [4.78, 5) is 11.5. The molecule has 66 valence electrons. The minimum atomic E-state index is 0.0234. The van der Waals surface area contributed by atoms with Gasteiger partial charge in [0.25, 0.3) is 0 Å². The molecular formula is C11H10O2. The van der Waals surface area contributed by atoms with E-state index in [4.69, 9.17) is 4.74 Å². The molecule has 0 N–H and O–H groups in total. The lowest BCUT2D eigenvalue weighted by Crippen LogP contribution is -2.05. The van der Waals surface area contributed by atoms with Gasteiger partial charge in [-0.1, -0.05) is 18.2 Å². The molecule has 0 unspecified atom stereocenters. The summed E-state index contributed by atoms with van der Waals surface area (Å²) in [5, 5.41) is 0. The van der Waals surface area contributed by atoms with Crippen molar-refractivity contribution in [3.63, 3.8) is 0 Å². The van der Waals surface area contributed by atoms with Crippen molar-refractivity contribution in [2.45, 2.75) is 6.42 Å². The molecule has 1 aromatic rings. The largest absolute Gasteiger partial charge is 0.492 e. The van der Waals surface area contributed by atoms with Gasteiger partial charge in [0, 0.05) is 0 Å². The van der Waals surface area contributed by atoms with Crippen LogP contribution in [-0.2, 0) is 0 Å². The standard InChI is InChI=1S/C11H10O2/c12-10-6-3-4-8-13-11-7-2-1-5-9(10)11/h1-3,5-7H,4,8H2/b6-3-. The van der Waals surface area contributed by atoms with Gasteiger partial charge in [0.2, 0.25) is 0 Å². The molecule has 2 nitrogen and oxygen atoms in total. The van der Waals surface area contributed by atoms with E-state index in [0.717, 1.165) is 6.42 Å². The number of carbonyl (C=O) groups excluding carboxylic acids is 1. The van der Waals surface area contributed by atoms with Crippen LogP contribution in [0.1, 0.15) is 16.8 Å². The Morgan fingerprint density at radius 3 is 3.00 bits per heavy atom. The van der Waals surface area contributed by atoms with Gasteiger partial charge in [-0.15, -0.1) is 0 Å². The van der Waals surface area contributed by atoms with E-state index in [1.54, 1.807) is 12.1 Å². The highest BCUT2D eigenvalue weighted by Crippen LogP contribution is 2.20. The van der Waals surface area contributed by atoms with Crippen LogP contribution < -0.4 is 4.74 Å². The third-order valence-corrected chi connectivity index (χ3v) is 1.96. The summed E-state index contributed by atoms with van der Waals surface area (Å²) >= 11 is 0. The fourth-order valence-electron chi connectivity index (χ4n) is 1.31. The number of para-hydroxylation sites is 1. The van der Waals surface area contributed by atoms with Gasteiger partial charge in [-0.05, 0) is 24.6 Å². The maximum Gasteiger partial charge on any atom is 0.189 e. The van der Waals surface area contributed by atoms with Crippen LogP contribution in [0.25, 0.3) is 0 Å². The van der Waals surface area contributed by atoms with Crippen molar-refractivity contribution in [3.05, 3.63) is 42.0 Å². The Balaban J connectivity index is 2.46. The van der Waals surface area contributed by atoms with Crippen LogP contribution in [-0.4, -0.2) is 12.4 Å². The zero-order valence-electron chi connectivity index (χ0n) is 7.19. The number of benzene rings is 1. The minimum Gasteiger partial charge on any atom is -0.492 e. The smallest absolute Gasteiger partial charge is 0.189 e. The Morgan fingerprint density at radius 2 is 2.08 bits per heavy atom.